The molecule has 6 heteroatoms. The van der Waals surface area contributed by atoms with Crippen LogP contribution in [0.3, 0.4) is 0 Å². The number of ketones is 1. The SMILES string of the molecule is C=C(COCCOC(=O)CC(C)=O)C(=O)O. The summed E-state index contributed by atoms with van der Waals surface area (Å²) in [6.45, 7) is 4.46. The van der Waals surface area contributed by atoms with Crippen molar-refractivity contribution in [2.45, 2.75) is 13.3 Å². The molecule has 0 aliphatic carbocycles. The Morgan fingerprint density at radius 2 is 1.88 bits per heavy atom. The zero-order chi connectivity index (χ0) is 12.6. The molecule has 0 aromatic rings. The summed E-state index contributed by atoms with van der Waals surface area (Å²) in [4.78, 5) is 31.6. The molecule has 0 atom stereocenters. The summed E-state index contributed by atoms with van der Waals surface area (Å²) >= 11 is 0. The largest absolute Gasteiger partial charge is 0.478 e. The van der Waals surface area contributed by atoms with Crippen molar-refractivity contribution in [1.29, 1.82) is 0 Å². The van der Waals surface area contributed by atoms with Crippen molar-refractivity contribution in [3.05, 3.63) is 12.2 Å². The number of carbonyl (C=O) groups is 3. The van der Waals surface area contributed by atoms with Crippen molar-refractivity contribution in [3.63, 3.8) is 0 Å². The summed E-state index contributed by atoms with van der Waals surface area (Å²) in [6.07, 6.45) is -0.262. The Hall–Kier alpha value is -1.69. The number of esters is 1. The summed E-state index contributed by atoms with van der Waals surface area (Å²) in [7, 11) is 0. The van der Waals surface area contributed by atoms with Crippen LogP contribution in [0.2, 0.25) is 0 Å². The molecule has 0 aliphatic heterocycles. The Morgan fingerprint density at radius 3 is 2.38 bits per heavy atom. The summed E-state index contributed by atoms with van der Waals surface area (Å²) in [6, 6.07) is 0. The highest BCUT2D eigenvalue weighted by Gasteiger charge is 2.06. The van der Waals surface area contributed by atoms with Gasteiger partial charge in [-0.2, -0.15) is 0 Å². The van der Waals surface area contributed by atoms with Crippen LogP contribution < -0.4 is 0 Å². The minimum Gasteiger partial charge on any atom is -0.478 e. The fraction of sp³-hybridized carbons (Fsp3) is 0.500. The Labute approximate surface area is 92.8 Å². The highest BCUT2D eigenvalue weighted by Crippen LogP contribution is 1.92. The Morgan fingerprint density at radius 1 is 1.25 bits per heavy atom. The quantitative estimate of drug-likeness (QED) is 0.276. The van der Waals surface area contributed by atoms with Gasteiger partial charge in [0.25, 0.3) is 0 Å². The van der Waals surface area contributed by atoms with Gasteiger partial charge < -0.3 is 14.6 Å². The third kappa shape index (κ3) is 7.69. The molecular formula is C10H14O6. The lowest BCUT2D eigenvalue weighted by Crippen LogP contribution is -2.14. The lowest BCUT2D eigenvalue weighted by molar-refractivity contribution is -0.147. The summed E-state index contributed by atoms with van der Waals surface area (Å²) in [5, 5.41) is 8.42. The molecule has 0 bridgehead atoms. The first-order chi connectivity index (χ1) is 7.43. The Balaban J connectivity index is 3.47. The molecule has 0 saturated carbocycles. The van der Waals surface area contributed by atoms with Crippen molar-refractivity contribution in [3.8, 4) is 0 Å². The Kier molecular flexibility index (Phi) is 6.78. The maximum Gasteiger partial charge on any atom is 0.333 e. The number of carbonyl (C=O) groups excluding carboxylic acids is 2. The zero-order valence-corrected chi connectivity index (χ0v) is 9.02. The molecule has 0 rings (SSSR count). The molecule has 90 valence electrons. The van der Waals surface area contributed by atoms with Crippen LogP contribution in [0.25, 0.3) is 0 Å². The van der Waals surface area contributed by atoms with Crippen LogP contribution in [0.15, 0.2) is 12.2 Å². The van der Waals surface area contributed by atoms with Crippen molar-refractivity contribution < 1.29 is 29.0 Å². The molecule has 0 spiro atoms. The fourth-order valence-electron chi connectivity index (χ4n) is 0.726. The average Bonchev–Trinajstić information content (AvgIpc) is 2.15. The number of hydrogen-bond donors (Lipinski definition) is 1. The van der Waals surface area contributed by atoms with E-state index in [0.717, 1.165) is 0 Å². The number of aliphatic carboxylic acids is 1. The van der Waals surface area contributed by atoms with E-state index in [1.807, 2.05) is 0 Å². The van der Waals surface area contributed by atoms with Gasteiger partial charge in [-0.15, -0.1) is 0 Å². The van der Waals surface area contributed by atoms with E-state index < -0.39 is 11.9 Å². The third-order valence-electron chi connectivity index (χ3n) is 1.46. The number of rotatable bonds is 8. The molecule has 0 aromatic carbocycles. The van der Waals surface area contributed by atoms with E-state index in [1.165, 1.54) is 6.92 Å². The predicted molar refractivity (Wildman–Crippen MR) is 53.9 cm³/mol. The van der Waals surface area contributed by atoms with Crippen LogP contribution in [0, 0.1) is 0 Å². The van der Waals surface area contributed by atoms with Crippen molar-refractivity contribution in [2.75, 3.05) is 19.8 Å². The lowest BCUT2D eigenvalue weighted by atomic mass is 10.3. The van der Waals surface area contributed by atoms with E-state index >= 15 is 0 Å². The van der Waals surface area contributed by atoms with Gasteiger partial charge in [0.05, 0.1) is 18.8 Å². The third-order valence-corrected chi connectivity index (χ3v) is 1.46. The van der Waals surface area contributed by atoms with Gasteiger partial charge in [-0.05, 0) is 6.92 Å². The predicted octanol–water partition coefficient (Wildman–Crippen LogP) is 0.166. The molecule has 0 unspecified atom stereocenters. The van der Waals surface area contributed by atoms with Crippen LogP contribution in [-0.2, 0) is 23.9 Å². The molecule has 0 aromatic heterocycles. The Bertz CT molecular complexity index is 294. The first-order valence-corrected chi connectivity index (χ1v) is 4.57. The molecule has 16 heavy (non-hydrogen) atoms. The number of Topliss-reactive ketones (excluding diaryl/α,β-unsaturated/α-hetero) is 1. The number of hydrogen-bond acceptors (Lipinski definition) is 5. The number of ether oxygens (including phenoxy) is 2. The highest BCUT2D eigenvalue weighted by molar-refractivity contribution is 5.94. The van der Waals surface area contributed by atoms with Crippen molar-refractivity contribution in [2.24, 2.45) is 0 Å². The molecule has 1 N–H and O–H groups in total. The summed E-state index contributed by atoms with van der Waals surface area (Å²) < 4.78 is 9.50. The average molecular weight is 230 g/mol. The fourth-order valence-corrected chi connectivity index (χ4v) is 0.726. The van der Waals surface area contributed by atoms with Crippen molar-refractivity contribution >= 4 is 17.7 Å². The topological polar surface area (TPSA) is 89.9 Å². The summed E-state index contributed by atoms with van der Waals surface area (Å²) in [5.74, 6) is -2.02. The lowest BCUT2D eigenvalue weighted by Gasteiger charge is -2.05. The maximum absolute atomic E-state index is 10.8. The maximum atomic E-state index is 10.8. The summed E-state index contributed by atoms with van der Waals surface area (Å²) in [5.41, 5.74) is -0.0740. The van der Waals surface area contributed by atoms with Crippen LogP contribution in [0.1, 0.15) is 13.3 Å². The van der Waals surface area contributed by atoms with E-state index in [-0.39, 0.29) is 37.6 Å². The zero-order valence-electron chi connectivity index (χ0n) is 9.02. The van der Waals surface area contributed by atoms with Gasteiger partial charge in [0.15, 0.2) is 0 Å². The van der Waals surface area contributed by atoms with Crippen LogP contribution in [0.5, 0.6) is 0 Å². The molecule has 0 fully saturated rings. The molecule has 0 aliphatic rings. The molecule has 6 nitrogen and oxygen atoms in total. The van der Waals surface area contributed by atoms with E-state index in [4.69, 9.17) is 9.84 Å². The second-order valence-electron chi connectivity index (χ2n) is 3.06. The van der Waals surface area contributed by atoms with Gasteiger partial charge in [-0.25, -0.2) is 4.79 Å². The van der Waals surface area contributed by atoms with E-state index in [2.05, 4.69) is 11.3 Å². The smallest absolute Gasteiger partial charge is 0.333 e. The number of carboxylic acids is 1. The van der Waals surface area contributed by atoms with Crippen LogP contribution >= 0.6 is 0 Å². The van der Waals surface area contributed by atoms with Crippen LogP contribution in [0.4, 0.5) is 0 Å². The minimum atomic E-state index is -1.13. The first kappa shape index (κ1) is 14.3. The molecular weight excluding hydrogens is 216 g/mol. The van der Waals surface area contributed by atoms with Crippen molar-refractivity contribution in [1.82, 2.24) is 0 Å². The van der Waals surface area contributed by atoms with Gasteiger partial charge in [0, 0.05) is 0 Å². The standard InChI is InChI=1S/C10H14O6/c1-7(10(13)14)6-15-3-4-16-9(12)5-8(2)11/h1,3-6H2,2H3,(H,13,14). The molecule has 0 amide bonds. The minimum absolute atomic E-state index is 0.0149. The van der Waals surface area contributed by atoms with E-state index in [9.17, 15) is 14.4 Å². The van der Waals surface area contributed by atoms with Gasteiger partial charge in [-0.3, -0.25) is 9.59 Å². The normalized spacial score (nSPS) is 9.56. The second kappa shape index (κ2) is 7.58. The monoisotopic (exact) mass is 230 g/mol. The van der Waals surface area contributed by atoms with Gasteiger partial charge in [0.2, 0.25) is 0 Å². The van der Waals surface area contributed by atoms with Gasteiger partial charge in [-0.1, -0.05) is 6.58 Å². The molecule has 0 heterocycles. The second-order valence-corrected chi connectivity index (χ2v) is 3.06. The van der Waals surface area contributed by atoms with E-state index in [0.29, 0.717) is 0 Å². The molecule has 0 saturated heterocycles. The highest BCUT2D eigenvalue weighted by atomic mass is 16.6. The van der Waals surface area contributed by atoms with Crippen LogP contribution in [-0.4, -0.2) is 42.6 Å². The van der Waals surface area contributed by atoms with Gasteiger partial charge in [0.1, 0.15) is 18.8 Å². The van der Waals surface area contributed by atoms with Gasteiger partial charge >= 0.3 is 11.9 Å². The number of carboxylic acid groups (broad SMARTS) is 1. The molecule has 0 radical (unpaired) electrons. The van der Waals surface area contributed by atoms with E-state index in [1.54, 1.807) is 0 Å². The first-order valence-electron chi connectivity index (χ1n) is 4.57.